The Morgan fingerprint density at radius 2 is 2.04 bits per heavy atom. The number of anilines is 1. The summed E-state index contributed by atoms with van der Waals surface area (Å²) in [6.45, 7) is 5.53. The van der Waals surface area contributed by atoms with Crippen LogP contribution in [0, 0.1) is 0 Å². The van der Waals surface area contributed by atoms with Crippen molar-refractivity contribution < 1.29 is 4.74 Å². The third kappa shape index (κ3) is 6.40. The molecule has 1 saturated heterocycles. The van der Waals surface area contributed by atoms with E-state index in [4.69, 9.17) is 4.74 Å². The summed E-state index contributed by atoms with van der Waals surface area (Å²) in [7, 11) is 4.13. The lowest BCUT2D eigenvalue weighted by Gasteiger charge is -2.14. The number of nitrogens with zero attached hydrogens (tertiary/aromatic N) is 2. The summed E-state index contributed by atoms with van der Waals surface area (Å²) in [5.41, 5.74) is 2.62. The monoisotopic (exact) mass is 332 g/mol. The van der Waals surface area contributed by atoms with Gasteiger partial charge in [0.15, 0.2) is 5.96 Å². The maximum Gasteiger partial charge on any atom is 0.191 e. The molecule has 0 radical (unpaired) electrons. The Balaban J connectivity index is 1.70. The molecule has 134 valence electrons. The molecule has 24 heavy (non-hydrogen) atoms. The lowest BCUT2D eigenvalue weighted by Crippen LogP contribution is -2.38. The molecule has 1 aliphatic rings. The van der Waals surface area contributed by atoms with E-state index in [9.17, 15) is 0 Å². The molecule has 1 atom stereocenters. The van der Waals surface area contributed by atoms with Gasteiger partial charge >= 0.3 is 0 Å². The average molecular weight is 332 g/mol. The second-order valence-corrected chi connectivity index (χ2v) is 6.45. The maximum absolute atomic E-state index is 5.63. The standard InChI is InChI=1S/C19H32N4O/c1-4-20-19(22-15-18-8-6-14-24-18)21-13-5-7-16-9-11-17(12-10-16)23(2)3/h9-12,18H,4-8,13-15H2,1-3H3,(H2,20,21,22). The topological polar surface area (TPSA) is 48.9 Å². The van der Waals surface area contributed by atoms with Crippen molar-refractivity contribution >= 4 is 11.6 Å². The SMILES string of the molecule is CCNC(=NCC1CCCO1)NCCCc1ccc(N(C)C)cc1. The summed E-state index contributed by atoms with van der Waals surface area (Å²) >= 11 is 0. The first-order chi connectivity index (χ1) is 11.7. The highest BCUT2D eigenvalue weighted by molar-refractivity contribution is 5.79. The largest absolute Gasteiger partial charge is 0.378 e. The van der Waals surface area contributed by atoms with Crippen LogP contribution in [0.15, 0.2) is 29.3 Å². The third-order valence-corrected chi connectivity index (χ3v) is 4.21. The first-order valence-electron chi connectivity index (χ1n) is 9.09. The fraction of sp³-hybridized carbons (Fsp3) is 0.632. The number of aryl methyl sites for hydroxylation is 1. The minimum absolute atomic E-state index is 0.302. The van der Waals surface area contributed by atoms with Gasteiger partial charge in [0.1, 0.15) is 0 Å². The van der Waals surface area contributed by atoms with Gasteiger partial charge in [-0.1, -0.05) is 12.1 Å². The number of hydrogen-bond donors (Lipinski definition) is 2. The minimum Gasteiger partial charge on any atom is -0.378 e. The number of aliphatic imine (C=N–C) groups is 1. The predicted octanol–water partition coefficient (Wildman–Crippen LogP) is 2.42. The van der Waals surface area contributed by atoms with E-state index in [0.717, 1.165) is 57.9 Å². The minimum atomic E-state index is 0.302. The second-order valence-electron chi connectivity index (χ2n) is 6.45. The molecule has 0 saturated carbocycles. The highest BCUT2D eigenvalue weighted by Crippen LogP contribution is 2.13. The first-order valence-corrected chi connectivity index (χ1v) is 9.09. The Morgan fingerprint density at radius 1 is 1.25 bits per heavy atom. The predicted molar refractivity (Wildman–Crippen MR) is 102 cm³/mol. The van der Waals surface area contributed by atoms with E-state index in [-0.39, 0.29) is 0 Å². The number of ether oxygens (including phenoxy) is 1. The quantitative estimate of drug-likeness (QED) is 0.436. The van der Waals surface area contributed by atoms with Crippen molar-refractivity contribution in [2.24, 2.45) is 4.99 Å². The molecule has 1 unspecified atom stereocenters. The number of hydrogen-bond acceptors (Lipinski definition) is 3. The van der Waals surface area contributed by atoms with Crippen LogP contribution in [-0.2, 0) is 11.2 Å². The van der Waals surface area contributed by atoms with Gasteiger partial charge in [-0.2, -0.15) is 0 Å². The lowest BCUT2D eigenvalue weighted by atomic mass is 10.1. The fourth-order valence-corrected chi connectivity index (χ4v) is 2.78. The van der Waals surface area contributed by atoms with Crippen LogP contribution in [0.1, 0.15) is 31.7 Å². The van der Waals surface area contributed by atoms with E-state index in [0.29, 0.717) is 6.10 Å². The van der Waals surface area contributed by atoms with Crippen molar-refractivity contribution in [3.8, 4) is 0 Å². The fourth-order valence-electron chi connectivity index (χ4n) is 2.78. The third-order valence-electron chi connectivity index (χ3n) is 4.21. The van der Waals surface area contributed by atoms with Crippen LogP contribution in [0.3, 0.4) is 0 Å². The molecule has 5 nitrogen and oxygen atoms in total. The van der Waals surface area contributed by atoms with Crippen molar-refractivity contribution in [2.75, 3.05) is 45.2 Å². The summed E-state index contributed by atoms with van der Waals surface area (Å²) < 4.78 is 5.63. The van der Waals surface area contributed by atoms with Crippen molar-refractivity contribution in [1.29, 1.82) is 0 Å². The second kappa shape index (κ2) is 10.2. The zero-order chi connectivity index (χ0) is 17.2. The molecule has 2 rings (SSSR count). The van der Waals surface area contributed by atoms with E-state index in [1.807, 2.05) is 0 Å². The molecule has 0 amide bonds. The Bertz CT molecular complexity index is 493. The van der Waals surface area contributed by atoms with E-state index in [1.165, 1.54) is 11.3 Å². The molecule has 2 N–H and O–H groups in total. The van der Waals surface area contributed by atoms with Crippen LogP contribution >= 0.6 is 0 Å². The summed E-state index contributed by atoms with van der Waals surface area (Å²) in [5, 5.41) is 6.72. The van der Waals surface area contributed by atoms with Crippen LogP contribution in [0.25, 0.3) is 0 Å². The van der Waals surface area contributed by atoms with Crippen LogP contribution in [0.4, 0.5) is 5.69 Å². The van der Waals surface area contributed by atoms with Crippen molar-refractivity contribution in [3.05, 3.63) is 29.8 Å². The Labute approximate surface area is 146 Å². The molecular formula is C19H32N4O. The molecule has 1 heterocycles. The van der Waals surface area contributed by atoms with E-state index in [1.54, 1.807) is 0 Å². The van der Waals surface area contributed by atoms with E-state index < -0.39 is 0 Å². The molecule has 0 spiro atoms. The van der Waals surface area contributed by atoms with Crippen LogP contribution in [-0.4, -0.2) is 52.4 Å². The number of nitrogens with one attached hydrogen (secondary N) is 2. The summed E-state index contributed by atoms with van der Waals surface area (Å²) in [6, 6.07) is 8.78. The Morgan fingerprint density at radius 3 is 2.67 bits per heavy atom. The first kappa shape index (κ1) is 18.6. The Kier molecular flexibility index (Phi) is 7.89. The van der Waals surface area contributed by atoms with Gasteiger partial charge in [0, 0.05) is 39.5 Å². The van der Waals surface area contributed by atoms with Crippen molar-refractivity contribution in [1.82, 2.24) is 10.6 Å². The number of guanidine groups is 1. The summed E-state index contributed by atoms with van der Waals surface area (Å²) in [4.78, 5) is 6.76. The van der Waals surface area contributed by atoms with Crippen LogP contribution in [0.5, 0.6) is 0 Å². The number of rotatable bonds is 8. The smallest absolute Gasteiger partial charge is 0.191 e. The molecule has 1 aromatic rings. The zero-order valence-corrected chi connectivity index (χ0v) is 15.3. The molecule has 1 aliphatic heterocycles. The summed E-state index contributed by atoms with van der Waals surface area (Å²) in [6.07, 6.45) is 4.76. The molecule has 5 heteroatoms. The van der Waals surface area contributed by atoms with Gasteiger partial charge in [-0.05, 0) is 50.3 Å². The van der Waals surface area contributed by atoms with Crippen molar-refractivity contribution in [2.45, 2.75) is 38.7 Å². The van der Waals surface area contributed by atoms with Gasteiger partial charge in [-0.3, -0.25) is 4.99 Å². The van der Waals surface area contributed by atoms with Gasteiger partial charge < -0.3 is 20.3 Å². The maximum atomic E-state index is 5.63. The molecule has 0 bridgehead atoms. The van der Waals surface area contributed by atoms with Crippen LogP contribution in [0.2, 0.25) is 0 Å². The highest BCUT2D eigenvalue weighted by Gasteiger charge is 2.14. The van der Waals surface area contributed by atoms with Gasteiger partial charge in [-0.15, -0.1) is 0 Å². The van der Waals surface area contributed by atoms with Gasteiger partial charge in [-0.25, -0.2) is 0 Å². The normalized spacial score (nSPS) is 17.8. The van der Waals surface area contributed by atoms with E-state index in [2.05, 4.69) is 65.8 Å². The van der Waals surface area contributed by atoms with Gasteiger partial charge in [0.25, 0.3) is 0 Å². The molecule has 1 fully saturated rings. The van der Waals surface area contributed by atoms with Gasteiger partial charge in [0.05, 0.1) is 12.6 Å². The van der Waals surface area contributed by atoms with Crippen LogP contribution < -0.4 is 15.5 Å². The number of benzene rings is 1. The van der Waals surface area contributed by atoms with Crippen molar-refractivity contribution in [3.63, 3.8) is 0 Å². The Hall–Kier alpha value is -1.75. The highest BCUT2D eigenvalue weighted by atomic mass is 16.5. The molecule has 0 aromatic heterocycles. The molecule has 1 aromatic carbocycles. The van der Waals surface area contributed by atoms with Gasteiger partial charge in [0.2, 0.25) is 0 Å². The zero-order valence-electron chi connectivity index (χ0n) is 15.3. The average Bonchev–Trinajstić information content (AvgIpc) is 3.10. The van der Waals surface area contributed by atoms with E-state index >= 15 is 0 Å². The molecule has 0 aliphatic carbocycles. The lowest BCUT2D eigenvalue weighted by molar-refractivity contribution is 0.117. The molecular weight excluding hydrogens is 300 g/mol. The summed E-state index contributed by atoms with van der Waals surface area (Å²) in [5.74, 6) is 0.899.